The highest BCUT2D eigenvalue weighted by Crippen LogP contribution is 2.21. The molecular formula is C15H12O. The Hall–Kier alpha value is -2.24. The predicted molar refractivity (Wildman–Crippen MR) is 66.2 cm³/mol. The third-order valence-electron chi connectivity index (χ3n) is 2.24. The first-order valence-electron chi connectivity index (χ1n) is 5.06. The molecule has 0 fully saturated rings. The van der Waals surface area contributed by atoms with Gasteiger partial charge in [0.05, 0.1) is 0 Å². The normalized spacial score (nSPS) is 9.25. The first kappa shape index (κ1) is 10.3. The van der Waals surface area contributed by atoms with Gasteiger partial charge in [0.15, 0.2) is 0 Å². The molecule has 0 saturated heterocycles. The second-order valence-corrected chi connectivity index (χ2v) is 3.33. The summed E-state index contributed by atoms with van der Waals surface area (Å²) in [5.74, 6) is 0.788. The monoisotopic (exact) mass is 208 g/mol. The molecular weight excluding hydrogens is 196 g/mol. The van der Waals surface area contributed by atoms with Crippen molar-refractivity contribution < 1.29 is 4.74 Å². The Kier molecular flexibility index (Phi) is 3.22. The van der Waals surface area contributed by atoms with Gasteiger partial charge < -0.3 is 4.74 Å². The van der Waals surface area contributed by atoms with Crippen molar-refractivity contribution in [2.24, 2.45) is 0 Å². The number of hydrogen-bond acceptors (Lipinski definition) is 1. The van der Waals surface area contributed by atoms with Gasteiger partial charge in [0.25, 0.3) is 0 Å². The zero-order chi connectivity index (χ0) is 11.2. The first-order valence-corrected chi connectivity index (χ1v) is 5.06. The molecule has 0 aliphatic rings. The van der Waals surface area contributed by atoms with Crippen LogP contribution in [0.5, 0.6) is 5.75 Å². The van der Waals surface area contributed by atoms with Crippen LogP contribution in [-0.2, 0) is 0 Å². The summed E-state index contributed by atoms with van der Waals surface area (Å²) in [6.45, 7) is 3.44. The van der Waals surface area contributed by atoms with E-state index in [2.05, 4.69) is 24.4 Å². The van der Waals surface area contributed by atoms with E-state index in [-0.39, 0.29) is 0 Å². The molecule has 0 atom stereocenters. The van der Waals surface area contributed by atoms with E-state index in [9.17, 15) is 0 Å². The molecule has 16 heavy (non-hydrogen) atoms. The summed E-state index contributed by atoms with van der Waals surface area (Å²) in [4.78, 5) is 0. The van der Waals surface area contributed by atoms with Crippen molar-refractivity contribution >= 4 is 0 Å². The second kappa shape index (κ2) is 5.01. The maximum atomic E-state index is 5.25. The van der Waals surface area contributed by atoms with E-state index in [0.717, 1.165) is 5.75 Å². The highest BCUT2D eigenvalue weighted by atomic mass is 16.5. The van der Waals surface area contributed by atoms with E-state index < -0.39 is 0 Å². The lowest BCUT2D eigenvalue weighted by atomic mass is 10.1. The minimum Gasteiger partial charge on any atom is -0.457 e. The molecule has 0 radical (unpaired) electrons. The van der Waals surface area contributed by atoms with Gasteiger partial charge in [0.2, 0.25) is 0 Å². The van der Waals surface area contributed by atoms with Crippen LogP contribution in [0.25, 0.3) is 11.1 Å². The molecule has 2 rings (SSSR count). The van der Waals surface area contributed by atoms with Crippen LogP contribution in [0, 0.1) is 0 Å². The van der Waals surface area contributed by atoms with E-state index in [4.69, 9.17) is 4.74 Å². The molecule has 0 amide bonds. The van der Waals surface area contributed by atoms with Crippen LogP contribution in [0.15, 0.2) is 73.2 Å². The van der Waals surface area contributed by atoms with Gasteiger partial charge in [-0.05, 0) is 23.3 Å². The van der Waals surface area contributed by atoms with Gasteiger partial charge >= 0.3 is 0 Å². The highest BCUT2D eigenvalue weighted by Gasteiger charge is 1.96. The summed E-state index contributed by atoms with van der Waals surface area (Å²) in [5, 5.41) is 0. The first-order chi connectivity index (χ1) is 7.90. The molecule has 2 aromatic carbocycles. The Labute approximate surface area is 95.3 Å². The van der Waals surface area contributed by atoms with Gasteiger partial charge in [-0.15, -0.1) is 0 Å². The minimum atomic E-state index is 0.788. The SMILES string of the molecule is C=C=COc1ccc(-c2ccccc2)cc1. The van der Waals surface area contributed by atoms with Crippen LogP contribution in [-0.4, -0.2) is 0 Å². The molecule has 0 aliphatic carbocycles. The van der Waals surface area contributed by atoms with Crippen molar-refractivity contribution in [1.82, 2.24) is 0 Å². The Morgan fingerprint density at radius 3 is 2.12 bits per heavy atom. The van der Waals surface area contributed by atoms with E-state index in [1.54, 1.807) is 0 Å². The number of ether oxygens (including phenoxy) is 1. The van der Waals surface area contributed by atoms with Crippen LogP contribution in [0.2, 0.25) is 0 Å². The van der Waals surface area contributed by atoms with Crippen molar-refractivity contribution in [3.05, 3.63) is 73.2 Å². The third-order valence-corrected chi connectivity index (χ3v) is 2.24. The van der Waals surface area contributed by atoms with Gasteiger partial charge in [-0.25, -0.2) is 0 Å². The topological polar surface area (TPSA) is 9.23 Å². The highest BCUT2D eigenvalue weighted by molar-refractivity contribution is 5.63. The van der Waals surface area contributed by atoms with Gasteiger partial charge in [0, 0.05) is 0 Å². The lowest BCUT2D eigenvalue weighted by Crippen LogP contribution is -1.81. The van der Waals surface area contributed by atoms with Crippen molar-refractivity contribution in [1.29, 1.82) is 0 Å². The minimum absolute atomic E-state index is 0.788. The van der Waals surface area contributed by atoms with E-state index in [1.165, 1.54) is 17.4 Å². The third kappa shape index (κ3) is 2.41. The second-order valence-electron chi connectivity index (χ2n) is 3.33. The van der Waals surface area contributed by atoms with Crippen LogP contribution in [0.1, 0.15) is 0 Å². The molecule has 2 aromatic rings. The molecule has 0 aliphatic heterocycles. The fourth-order valence-corrected chi connectivity index (χ4v) is 1.47. The molecule has 0 spiro atoms. The predicted octanol–water partition coefficient (Wildman–Crippen LogP) is 4.03. The molecule has 0 unspecified atom stereocenters. The molecule has 1 heteroatoms. The average Bonchev–Trinajstić information content (AvgIpc) is 2.38. The molecule has 1 nitrogen and oxygen atoms in total. The van der Waals surface area contributed by atoms with Crippen molar-refractivity contribution in [3.8, 4) is 16.9 Å². The maximum Gasteiger partial charge on any atom is 0.133 e. The standard InChI is InChI=1S/C15H12O/c1-2-12-16-15-10-8-14(9-11-15)13-6-4-3-5-7-13/h3-12H,1H2. The fraction of sp³-hybridized carbons (Fsp3) is 0. The Morgan fingerprint density at radius 1 is 0.875 bits per heavy atom. The van der Waals surface area contributed by atoms with Gasteiger partial charge in [-0.3, -0.25) is 0 Å². The largest absolute Gasteiger partial charge is 0.457 e. The summed E-state index contributed by atoms with van der Waals surface area (Å²) >= 11 is 0. The summed E-state index contributed by atoms with van der Waals surface area (Å²) in [6.07, 6.45) is 1.44. The summed E-state index contributed by atoms with van der Waals surface area (Å²) in [6, 6.07) is 18.1. The molecule has 0 heterocycles. The van der Waals surface area contributed by atoms with Gasteiger partial charge in [-0.2, -0.15) is 0 Å². The van der Waals surface area contributed by atoms with Crippen molar-refractivity contribution in [2.45, 2.75) is 0 Å². The van der Waals surface area contributed by atoms with Gasteiger partial charge in [-0.1, -0.05) is 54.8 Å². The molecule has 0 N–H and O–H groups in total. The van der Waals surface area contributed by atoms with Crippen molar-refractivity contribution in [3.63, 3.8) is 0 Å². The molecule has 0 saturated carbocycles. The molecule has 0 aromatic heterocycles. The Balaban J connectivity index is 2.23. The summed E-state index contributed by atoms with van der Waals surface area (Å²) < 4.78 is 5.25. The van der Waals surface area contributed by atoms with E-state index in [0.29, 0.717) is 0 Å². The number of rotatable bonds is 3. The van der Waals surface area contributed by atoms with Crippen LogP contribution in [0.3, 0.4) is 0 Å². The van der Waals surface area contributed by atoms with Crippen LogP contribution in [0.4, 0.5) is 0 Å². The smallest absolute Gasteiger partial charge is 0.133 e. The van der Waals surface area contributed by atoms with E-state index >= 15 is 0 Å². The quantitative estimate of drug-likeness (QED) is 0.546. The lowest BCUT2D eigenvalue weighted by Gasteiger charge is -2.03. The number of hydrogen-bond donors (Lipinski definition) is 0. The lowest BCUT2D eigenvalue weighted by molar-refractivity contribution is 0.482. The molecule has 0 bridgehead atoms. The van der Waals surface area contributed by atoms with Crippen LogP contribution >= 0.6 is 0 Å². The Bertz CT molecular complexity index is 491. The fourth-order valence-electron chi connectivity index (χ4n) is 1.47. The maximum absolute atomic E-state index is 5.25. The van der Waals surface area contributed by atoms with Crippen LogP contribution < -0.4 is 4.74 Å². The van der Waals surface area contributed by atoms with Gasteiger partial charge in [0.1, 0.15) is 12.0 Å². The average molecular weight is 208 g/mol. The molecule has 78 valence electrons. The summed E-state index contributed by atoms with van der Waals surface area (Å²) in [5.41, 5.74) is 4.94. The number of benzene rings is 2. The Morgan fingerprint density at radius 2 is 1.50 bits per heavy atom. The zero-order valence-corrected chi connectivity index (χ0v) is 8.89. The van der Waals surface area contributed by atoms with Crippen molar-refractivity contribution in [2.75, 3.05) is 0 Å². The summed E-state index contributed by atoms with van der Waals surface area (Å²) in [7, 11) is 0. The van der Waals surface area contributed by atoms with E-state index in [1.807, 2.05) is 42.5 Å². The zero-order valence-electron chi connectivity index (χ0n) is 8.89.